The molecule has 9 heteroatoms. The Kier molecular flexibility index (Phi) is 7.19. The lowest BCUT2D eigenvalue weighted by atomic mass is 10.1. The van der Waals surface area contributed by atoms with Crippen LogP contribution in [0.4, 0.5) is 10.5 Å². The number of urea groups is 1. The summed E-state index contributed by atoms with van der Waals surface area (Å²) in [6, 6.07) is 10.00. The summed E-state index contributed by atoms with van der Waals surface area (Å²) in [7, 11) is 1.52. The van der Waals surface area contributed by atoms with Crippen molar-refractivity contribution in [3.63, 3.8) is 0 Å². The molecule has 3 rings (SSSR count). The number of carbonyl (C=O) groups is 3. The van der Waals surface area contributed by atoms with E-state index >= 15 is 0 Å². The van der Waals surface area contributed by atoms with Crippen LogP contribution in [0.15, 0.2) is 46.6 Å². The maximum absolute atomic E-state index is 12.7. The summed E-state index contributed by atoms with van der Waals surface area (Å²) < 4.78 is 11.8. The van der Waals surface area contributed by atoms with Crippen LogP contribution in [0.25, 0.3) is 6.08 Å². The number of halogens is 1. The zero-order valence-electron chi connectivity index (χ0n) is 18.2. The number of benzene rings is 2. The fraction of sp³-hybridized carbons (Fsp3) is 0.261. The van der Waals surface area contributed by atoms with Crippen molar-refractivity contribution in [1.29, 1.82) is 0 Å². The Morgan fingerprint density at radius 3 is 2.53 bits per heavy atom. The highest BCUT2D eigenvalue weighted by Crippen LogP contribution is 2.38. The molecule has 1 heterocycles. The van der Waals surface area contributed by atoms with Gasteiger partial charge in [-0.25, -0.2) is 9.69 Å². The number of rotatable bonds is 7. The Hall–Kier alpha value is -3.33. The van der Waals surface area contributed by atoms with Gasteiger partial charge >= 0.3 is 6.03 Å². The Morgan fingerprint density at radius 1 is 1.22 bits per heavy atom. The molecule has 32 heavy (non-hydrogen) atoms. The number of imide groups is 1. The number of aryl methyl sites for hydroxylation is 1. The van der Waals surface area contributed by atoms with Gasteiger partial charge in [0.2, 0.25) is 5.91 Å². The van der Waals surface area contributed by atoms with E-state index in [2.05, 4.69) is 26.6 Å². The molecule has 8 nitrogen and oxygen atoms in total. The first-order chi connectivity index (χ1) is 15.2. The zero-order chi connectivity index (χ0) is 23.4. The van der Waals surface area contributed by atoms with Crippen LogP contribution in [0.1, 0.15) is 25.0 Å². The average Bonchev–Trinajstić information content (AvgIpc) is 2.98. The van der Waals surface area contributed by atoms with Gasteiger partial charge in [-0.2, -0.15) is 0 Å². The highest BCUT2D eigenvalue weighted by Gasteiger charge is 2.35. The van der Waals surface area contributed by atoms with Crippen LogP contribution in [-0.2, 0) is 9.59 Å². The molecule has 0 radical (unpaired) electrons. The van der Waals surface area contributed by atoms with Gasteiger partial charge in [0.25, 0.3) is 5.91 Å². The molecule has 4 amide bonds. The lowest BCUT2D eigenvalue weighted by Crippen LogP contribution is -2.38. The number of nitrogens with zero attached hydrogens (tertiary/aromatic N) is 1. The van der Waals surface area contributed by atoms with Gasteiger partial charge < -0.3 is 20.1 Å². The van der Waals surface area contributed by atoms with Crippen molar-refractivity contribution < 1.29 is 23.9 Å². The Balaban J connectivity index is 1.75. The highest BCUT2D eigenvalue weighted by atomic mass is 79.9. The number of anilines is 1. The van der Waals surface area contributed by atoms with Crippen molar-refractivity contribution in [3.05, 3.63) is 57.7 Å². The molecule has 0 aliphatic carbocycles. The molecule has 1 saturated heterocycles. The Morgan fingerprint density at radius 2 is 1.91 bits per heavy atom. The van der Waals surface area contributed by atoms with Crippen molar-refractivity contribution in [3.8, 4) is 11.5 Å². The second-order valence-corrected chi connectivity index (χ2v) is 8.35. The molecule has 2 N–H and O–H groups in total. The van der Waals surface area contributed by atoms with Crippen LogP contribution >= 0.6 is 15.9 Å². The Bertz CT molecular complexity index is 1080. The summed E-state index contributed by atoms with van der Waals surface area (Å²) in [5.74, 6) is -0.0447. The normalized spacial score (nSPS) is 14.7. The first-order valence-electron chi connectivity index (χ1n) is 9.93. The molecule has 0 unspecified atom stereocenters. The number of hydrogen-bond donors (Lipinski definition) is 2. The van der Waals surface area contributed by atoms with Gasteiger partial charge in [-0.15, -0.1) is 0 Å². The monoisotopic (exact) mass is 501 g/mol. The number of ether oxygens (including phenoxy) is 2. The third-order valence-corrected chi connectivity index (χ3v) is 5.10. The van der Waals surface area contributed by atoms with Crippen molar-refractivity contribution in [2.45, 2.75) is 26.9 Å². The Labute approximate surface area is 194 Å². The first kappa shape index (κ1) is 23.3. The topological polar surface area (TPSA) is 97.0 Å². The molecule has 1 aliphatic heterocycles. The molecule has 1 fully saturated rings. The zero-order valence-corrected chi connectivity index (χ0v) is 19.8. The molecule has 2 aromatic rings. The predicted octanol–water partition coefficient (Wildman–Crippen LogP) is 4.08. The van der Waals surface area contributed by atoms with E-state index in [4.69, 9.17) is 9.47 Å². The number of hydrogen-bond acceptors (Lipinski definition) is 5. The number of amides is 4. The molecule has 0 saturated carbocycles. The third-order valence-electron chi connectivity index (χ3n) is 4.52. The number of methoxy groups -OCH3 is 1. The van der Waals surface area contributed by atoms with Gasteiger partial charge in [-0.1, -0.05) is 17.7 Å². The minimum atomic E-state index is -0.661. The summed E-state index contributed by atoms with van der Waals surface area (Å²) in [6.45, 7) is 5.34. The van der Waals surface area contributed by atoms with Gasteiger partial charge in [0.1, 0.15) is 12.2 Å². The maximum atomic E-state index is 12.7. The lowest BCUT2D eigenvalue weighted by Gasteiger charge is -2.16. The second-order valence-electron chi connectivity index (χ2n) is 7.49. The van der Waals surface area contributed by atoms with Crippen LogP contribution in [-0.4, -0.2) is 42.5 Å². The van der Waals surface area contributed by atoms with Gasteiger partial charge in [0, 0.05) is 5.69 Å². The summed E-state index contributed by atoms with van der Waals surface area (Å²) in [5, 5.41) is 5.19. The van der Waals surface area contributed by atoms with Crippen molar-refractivity contribution in [2.24, 2.45) is 0 Å². The lowest BCUT2D eigenvalue weighted by molar-refractivity contribution is -0.127. The van der Waals surface area contributed by atoms with Crippen LogP contribution in [0.2, 0.25) is 0 Å². The fourth-order valence-corrected chi connectivity index (χ4v) is 3.59. The van der Waals surface area contributed by atoms with Crippen LogP contribution in [0, 0.1) is 6.92 Å². The maximum Gasteiger partial charge on any atom is 0.329 e. The van der Waals surface area contributed by atoms with Gasteiger partial charge in [-0.05, 0) is 72.6 Å². The smallest absolute Gasteiger partial charge is 0.329 e. The minimum Gasteiger partial charge on any atom is -0.493 e. The van der Waals surface area contributed by atoms with Gasteiger partial charge in [0.15, 0.2) is 11.5 Å². The van der Waals surface area contributed by atoms with E-state index in [-0.39, 0.29) is 11.8 Å². The summed E-state index contributed by atoms with van der Waals surface area (Å²) in [4.78, 5) is 38.2. The van der Waals surface area contributed by atoms with E-state index in [9.17, 15) is 14.4 Å². The molecule has 0 aromatic heterocycles. The van der Waals surface area contributed by atoms with Crippen molar-refractivity contribution in [1.82, 2.24) is 10.2 Å². The summed E-state index contributed by atoms with van der Waals surface area (Å²) in [5.41, 5.74) is 2.31. The van der Waals surface area contributed by atoms with E-state index in [0.717, 1.165) is 10.5 Å². The minimum absolute atomic E-state index is 0.0558. The highest BCUT2D eigenvalue weighted by molar-refractivity contribution is 9.10. The van der Waals surface area contributed by atoms with Crippen molar-refractivity contribution in [2.75, 3.05) is 19.0 Å². The summed E-state index contributed by atoms with van der Waals surface area (Å²) in [6.07, 6.45) is 1.46. The largest absolute Gasteiger partial charge is 0.493 e. The standard InChI is InChI=1S/C23H24BrN3O5/c1-13(2)32-21-17(24)9-15(11-19(21)31-4)10-18-22(29)27(23(30)26-18)12-20(28)25-16-7-5-14(3)6-8-16/h5-11,13H,12H2,1-4H3,(H,25,28)(H,26,30)/b18-10+. The van der Waals surface area contributed by atoms with Crippen molar-refractivity contribution >= 4 is 45.5 Å². The van der Waals surface area contributed by atoms with Crippen LogP contribution in [0.3, 0.4) is 0 Å². The molecular formula is C23H24BrN3O5. The predicted molar refractivity (Wildman–Crippen MR) is 124 cm³/mol. The molecule has 2 aromatic carbocycles. The second kappa shape index (κ2) is 9.86. The van der Waals surface area contributed by atoms with E-state index in [0.29, 0.717) is 27.2 Å². The molecule has 1 aliphatic rings. The molecule has 0 bridgehead atoms. The number of carbonyl (C=O) groups excluding carboxylic acids is 3. The SMILES string of the molecule is COc1cc(/C=C2/NC(=O)N(CC(=O)Nc3ccc(C)cc3)C2=O)cc(Br)c1OC(C)C. The van der Waals surface area contributed by atoms with E-state index in [1.165, 1.54) is 13.2 Å². The van der Waals surface area contributed by atoms with Gasteiger partial charge in [-0.3, -0.25) is 9.59 Å². The van der Waals surface area contributed by atoms with E-state index in [1.807, 2.05) is 32.9 Å². The molecule has 0 atom stereocenters. The van der Waals surface area contributed by atoms with Gasteiger partial charge in [0.05, 0.1) is 17.7 Å². The summed E-state index contributed by atoms with van der Waals surface area (Å²) >= 11 is 3.45. The third kappa shape index (κ3) is 5.47. The average molecular weight is 502 g/mol. The van der Waals surface area contributed by atoms with E-state index < -0.39 is 24.4 Å². The molecular weight excluding hydrogens is 478 g/mol. The van der Waals surface area contributed by atoms with Crippen LogP contribution < -0.4 is 20.1 Å². The number of nitrogens with one attached hydrogen (secondary N) is 2. The fourth-order valence-electron chi connectivity index (χ4n) is 3.04. The van der Waals surface area contributed by atoms with E-state index in [1.54, 1.807) is 24.3 Å². The quantitative estimate of drug-likeness (QED) is 0.439. The van der Waals surface area contributed by atoms with Crippen LogP contribution in [0.5, 0.6) is 11.5 Å². The first-order valence-corrected chi connectivity index (χ1v) is 10.7. The molecule has 0 spiro atoms. The molecule has 168 valence electrons.